The molecule has 0 aromatic heterocycles. The van der Waals surface area contributed by atoms with Crippen molar-refractivity contribution in [3.63, 3.8) is 0 Å². The van der Waals surface area contributed by atoms with E-state index in [4.69, 9.17) is 5.11 Å². The van der Waals surface area contributed by atoms with Gasteiger partial charge in [0, 0.05) is 12.1 Å². The average Bonchev–Trinajstić information content (AvgIpc) is 2.94. The number of amides is 1. The predicted molar refractivity (Wildman–Crippen MR) is 93.0 cm³/mol. The molecule has 0 spiro atoms. The van der Waals surface area contributed by atoms with Crippen LogP contribution in [0, 0.1) is 6.92 Å². The van der Waals surface area contributed by atoms with Crippen LogP contribution in [0.2, 0.25) is 0 Å². The van der Waals surface area contributed by atoms with Gasteiger partial charge in [-0.2, -0.15) is 0 Å². The second-order valence-electron chi connectivity index (χ2n) is 6.49. The molecule has 7 nitrogen and oxygen atoms in total. The maximum atomic E-state index is 12.7. The van der Waals surface area contributed by atoms with Crippen molar-refractivity contribution < 1.29 is 23.1 Å². The number of aryl methyl sites for hydroxylation is 1. The number of carbonyl (C=O) groups is 2. The number of sulfonamides is 1. The van der Waals surface area contributed by atoms with Gasteiger partial charge in [-0.05, 0) is 37.5 Å². The molecule has 3 N–H and O–H groups in total. The Morgan fingerprint density at radius 2 is 1.88 bits per heavy atom. The van der Waals surface area contributed by atoms with E-state index in [1.807, 2.05) is 0 Å². The van der Waals surface area contributed by atoms with Crippen LogP contribution in [0.1, 0.15) is 54.9 Å². The lowest BCUT2D eigenvalue weighted by molar-refractivity contribution is -0.138. The van der Waals surface area contributed by atoms with E-state index in [9.17, 15) is 18.0 Å². The normalized spacial score (nSPS) is 16.6. The van der Waals surface area contributed by atoms with Crippen molar-refractivity contribution in [2.24, 2.45) is 0 Å². The molecule has 0 radical (unpaired) electrons. The highest BCUT2D eigenvalue weighted by Crippen LogP contribution is 2.33. The van der Waals surface area contributed by atoms with E-state index < -0.39 is 27.4 Å². The highest BCUT2D eigenvalue weighted by Gasteiger charge is 2.38. The maximum Gasteiger partial charge on any atom is 0.305 e. The third-order valence-electron chi connectivity index (χ3n) is 4.53. The quantitative estimate of drug-likeness (QED) is 0.679. The molecule has 138 valence electrons. The Morgan fingerprint density at radius 3 is 2.44 bits per heavy atom. The zero-order valence-electron chi connectivity index (χ0n) is 14.5. The Hall–Kier alpha value is -1.93. The first-order chi connectivity index (χ1) is 11.7. The maximum absolute atomic E-state index is 12.7. The minimum absolute atomic E-state index is 0.0174. The monoisotopic (exact) mass is 368 g/mol. The molecular formula is C17H24N2O5S. The minimum Gasteiger partial charge on any atom is -0.481 e. The van der Waals surface area contributed by atoms with Crippen LogP contribution in [0.5, 0.6) is 0 Å². The lowest BCUT2D eigenvalue weighted by atomic mass is 9.92. The number of hydrogen-bond donors (Lipinski definition) is 3. The first-order valence-corrected chi connectivity index (χ1v) is 9.82. The van der Waals surface area contributed by atoms with Crippen molar-refractivity contribution in [3.05, 3.63) is 29.3 Å². The molecule has 1 aromatic carbocycles. The summed E-state index contributed by atoms with van der Waals surface area (Å²) >= 11 is 0. The Bertz CT molecular complexity index is 767. The van der Waals surface area contributed by atoms with E-state index in [0.29, 0.717) is 18.4 Å². The smallest absolute Gasteiger partial charge is 0.305 e. The number of carbonyl (C=O) groups excluding carboxylic acids is 1. The van der Waals surface area contributed by atoms with Gasteiger partial charge in [-0.25, -0.2) is 13.1 Å². The third-order valence-corrected chi connectivity index (χ3v) is 6.07. The summed E-state index contributed by atoms with van der Waals surface area (Å²) in [4.78, 5) is 23.9. The van der Waals surface area contributed by atoms with Gasteiger partial charge in [0.25, 0.3) is 5.91 Å². The number of carboxylic acids is 1. The van der Waals surface area contributed by atoms with Gasteiger partial charge in [0.2, 0.25) is 10.0 Å². The number of hydrogen-bond acceptors (Lipinski definition) is 4. The van der Waals surface area contributed by atoms with Crippen LogP contribution in [0.4, 0.5) is 0 Å². The average molecular weight is 368 g/mol. The van der Waals surface area contributed by atoms with Crippen molar-refractivity contribution in [2.45, 2.75) is 56.4 Å². The van der Waals surface area contributed by atoms with Gasteiger partial charge in [-0.15, -0.1) is 0 Å². The summed E-state index contributed by atoms with van der Waals surface area (Å²) in [5, 5.41) is 12.0. The molecule has 25 heavy (non-hydrogen) atoms. The molecule has 1 aliphatic rings. The molecule has 1 fully saturated rings. The largest absolute Gasteiger partial charge is 0.481 e. The van der Waals surface area contributed by atoms with Gasteiger partial charge in [0.15, 0.2) is 0 Å². The number of carboxylic acid groups (broad SMARTS) is 1. The fraction of sp³-hybridized carbons (Fsp3) is 0.529. The van der Waals surface area contributed by atoms with Crippen LogP contribution < -0.4 is 10.0 Å². The molecule has 1 aliphatic carbocycles. The Balaban J connectivity index is 2.31. The molecule has 0 unspecified atom stereocenters. The van der Waals surface area contributed by atoms with E-state index in [2.05, 4.69) is 10.0 Å². The summed E-state index contributed by atoms with van der Waals surface area (Å²) in [6.07, 6.45) is 2.81. The van der Waals surface area contributed by atoms with Crippen LogP contribution in [0.15, 0.2) is 23.1 Å². The molecule has 1 saturated carbocycles. The summed E-state index contributed by atoms with van der Waals surface area (Å²) in [5.74, 6) is -1.39. The third kappa shape index (κ3) is 4.58. The van der Waals surface area contributed by atoms with Crippen LogP contribution >= 0.6 is 0 Å². The second-order valence-corrected chi connectivity index (χ2v) is 8.26. The Kier molecular flexibility index (Phi) is 5.84. The van der Waals surface area contributed by atoms with Gasteiger partial charge in [0.1, 0.15) is 0 Å². The van der Waals surface area contributed by atoms with Crippen molar-refractivity contribution in [1.82, 2.24) is 10.0 Å². The molecule has 0 heterocycles. The van der Waals surface area contributed by atoms with E-state index >= 15 is 0 Å². The molecule has 0 aliphatic heterocycles. The molecule has 0 saturated heterocycles. The van der Waals surface area contributed by atoms with E-state index in [-0.39, 0.29) is 23.4 Å². The number of aliphatic carboxylic acids is 1. The van der Waals surface area contributed by atoms with Crippen molar-refractivity contribution in [2.75, 3.05) is 6.54 Å². The molecule has 1 amide bonds. The van der Waals surface area contributed by atoms with Crippen molar-refractivity contribution >= 4 is 21.9 Å². The minimum atomic E-state index is -3.67. The summed E-state index contributed by atoms with van der Waals surface area (Å²) in [5.41, 5.74) is 0.124. The summed E-state index contributed by atoms with van der Waals surface area (Å²) in [7, 11) is -3.67. The van der Waals surface area contributed by atoms with Crippen LogP contribution in [-0.4, -0.2) is 37.5 Å². The zero-order chi connectivity index (χ0) is 18.7. The van der Waals surface area contributed by atoms with E-state index in [1.165, 1.54) is 12.1 Å². The van der Waals surface area contributed by atoms with Crippen LogP contribution in [-0.2, 0) is 14.8 Å². The SMILES string of the molecule is CCNS(=O)(=O)c1ccc(C)c(C(=O)NC2(CC(=O)O)CCCC2)c1. The lowest BCUT2D eigenvalue weighted by Gasteiger charge is -2.29. The fourth-order valence-electron chi connectivity index (χ4n) is 3.28. The Morgan fingerprint density at radius 1 is 1.24 bits per heavy atom. The topological polar surface area (TPSA) is 113 Å². The number of nitrogens with one attached hydrogen (secondary N) is 2. The first-order valence-electron chi connectivity index (χ1n) is 8.34. The van der Waals surface area contributed by atoms with E-state index in [1.54, 1.807) is 19.9 Å². The van der Waals surface area contributed by atoms with Crippen molar-refractivity contribution in [3.8, 4) is 0 Å². The first kappa shape index (κ1) is 19.4. The van der Waals surface area contributed by atoms with Gasteiger partial charge in [-0.1, -0.05) is 25.8 Å². The zero-order valence-corrected chi connectivity index (χ0v) is 15.3. The van der Waals surface area contributed by atoms with E-state index in [0.717, 1.165) is 12.8 Å². The predicted octanol–water partition coefficient (Wildman–Crippen LogP) is 1.81. The molecule has 2 rings (SSSR count). The number of rotatable bonds is 7. The molecule has 1 aromatic rings. The summed E-state index contributed by atoms with van der Waals surface area (Å²) in [6, 6.07) is 4.37. The Labute approximate surface area is 147 Å². The van der Waals surface area contributed by atoms with Gasteiger partial charge in [0.05, 0.1) is 16.9 Å². The molecule has 8 heteroatoms. The highest BCUT2D eigenvalue weighted by molar-refractivity contribution is 7.89. The van der Waals surface area contributed by atoms with Gasteiger partial charge >= 0.3 is 5.97 Å². The second kappa shape index (κ2) is 7.53. The summed E-state index contributed by atoms with van der Waals surface area (Å²) in [6.45, 7) is 3.64. The number of benzene rings is 1. The molecule has 0 atom stereocenters. The summed E-state index contributed by atoms with van der Waals surface area (Å²) < 4.78 is 26.7. The molecule has 0 bridgehead atoms. The van der Waals surface area contributed by atoms with Gasteiger partial charge < -0.3 is 10.4 Å². The van der Waals surface area contributed by atoms with Crippen LogP contribution in [0.25, 0.3) is 0 Å². The van der Waals surface area contributed by atoms with Gasteiger partial charge in [-0.3, -0.25) is 9.59 Å². The van der Waals surface area contributed by atoms with Crippen LogP contribution in [0.3, 0.4) is 0 Å². The lowest BCUT2D eigenvalue weighted by Crippen LogP contribution is -2.48. The highest BCUT2D eigenvalue weighted by atomic mass is 32.2. The molecular weight excluding hydrogens is 344 g/mol. The standard InChI is InChI=1S/C17H24N2O5S/c1-3-18-25(23,24)13-7-6-12(2)14(10-13)16(22)19-17(11-15(20)21)8-4-5-9-17/h6-7,10,18H,3-5,8-9,11H2,1-2H3,(H,19,22)(H,20,21). The van der Waals surface area contributed by atoms with Crippen molar-refractivity contribution in [1.29, 1.82) is 0 Å². The fourth-order valence-corrected chi connectivity index (χ4v) is 4.35.